The highest BCUT2D eigenvalue weighted by molar-refractivity contribution is 7.89. The summed E-state index contributed by atoms with van der Waals surface area (Å²) in [5.41, 5.74) is 0.393. The van der Waals surface area contributed by atoms with Gasteiger partial charge in [0.05, 0.1) is 17.1 Å². The van der Waals surface area contributed by atoms with Crippen LogP contribution in [0.5, 0.6) is 0 Å². The van der Waals surface area contributed by atoms with E-state index in [1.807, 2.05) is 18.5 Å². The molecule has 0 spiro atoms. The van der Waals surface area contributed by atoms with E-state index in [0.717, 1.165) is 0 Å². The minimum atomic E-state index is -3.58. The number of anilines is 1. The Morgan fingerprint density at radius 3 is 2.48 bits per heavy atom. The number of benzene rings is 1. The topological polar surface area (TPSA) is 93.1 Å². The van der Waals surface area contributed by atoms with Crippen molar-refractivity contribution < 1.29 is 13.2 Å². The summed E-state index contributed by atoms with van der Waals surface area (Å²) in [6, 6.07) is 7.80. The van der Waals surface area contributed by atoms with Crippen LogP contribution in [0.2, 0.25) is 0 Å². The summed E-state index contributed by atoms with van der Waals surface area (Å²) in [6.07, 6.45) is 4.75. The molecule has 8 heteroatoms. The maximum Gasteiger partial charge on any atom is 0.256 e. The van der Waals surface area contributed by atoms with Crippen LogP contribution < -0.4 is 10.0 Å². The molecule has 0 bridgehead atoms. The molecule has 1 aliphatic rings. The van der Waals surface area contributed by atoms with E-state index in [1.54, 1.807) is 12.3 Å². The van der Waals surface area contributed by atoms with Gasteiger partial charge in [-0.1, -0.05) is 6.92 Å². The average molecular weight is 391 g/mol. The number of hydrogen-bond acceptors (Lipinski definition) is 4. The van der Waals surface area contributed by atoms with Gasteiger partial charge in [0.1, 0.15) is 5.82 Å². The van der Waals surface area contributed by atoms with Gasteiger partial charge in [-0.05, 0) is 63.3 Å². The molecular weight excluding hydrogens is 364 g/mol. The van der Waals surface area contributed by atoms with Crippen molar-refractivity contribution in [3.63, 3.8) is 0 Å². The number of carbonyl (C=O) groups excluding carboxylic acids is 1. The van der Waals surface area contributed by atoms with Gasteiger partial charge in [-0.15, -0.1) is 0 Å². The molecule has 1 aliphatic carbocycles. The van der Waals surface area contributed by atoms with Crippen molar-refractivity contribution in [1.82, 2.24) is 14.5 Å². The van der Waals surface area contributed by atoms with E-state index in [1.165, 1.54) is 37.1 Å². The Bertz CT molecular complexity index is 901. The molecule has 1 aromatic heterocycles. The van der Waals surface area contributed by atoms with Gasteiger partial charge in [0.2, 0.25) is 10.0 Å². The van der Waals surface area contributed by atoms with Crippen molar-refractivity contribution in [3.8, 4) is 0 Å². The van der Waals surface area contributed by atoms with Crippen LogP contribution >= 0.6 is 0 Å². The lowest BCUT2D eigenvalue weighted by Crippen LogP contribution is -2.32. The highest BCUT2D eigenvalue weighted by atomic mass is 32.2. The van der Waals surface area contributed by atoms with Gasteiger partial charge >= 0.3 is 0 Å². The summed E-state index contributed by atoms with van der Waals surface area (Å²) in [6.45, 7) is 5.82. The lowest BCUT2D eigenvalue weighted by molar-refractivity contribution is 0.102. The van der Waals surface area contributed by atoms with Gasteiger partial charge in [-0.3, -0.25) is 4.79 Å². The van der Waals surface area contributed by atoms with E-state index < -0.39 is 10.0 Å². The smallest absolute Gasteiger partial charge is 0.256 e. The Labute approximate surface area is 160 Å². The van der Waals surface area contributed by atoms with Gasteiger partial charge in [0.25, 0.3) is 5.91 Å². The molecule has 1 aromatic carbocycles. The van der Waals surface area contributed by atoms with Crippen LogP contribution in [0, 0.1) is 5.92 Å². The van der Waals surface area contributed by atoms with E-state index >= 15 is 0 Å². The fourth-order valence-electron chi connectivity index (χ4n) is 2.91. The Hall–Kier alpha value is -2.19. The summed E-state index contributed by atoms with van der Waals surface area (Å²) in [4.78, 5) is 12.7. The molecule has 1 saturated carbocycles. The molecule has 0 aliphatic heterocycles. The van der Waals surface area contributed by atoms with Gasteiger partial charge in [-0.2, -0.15) is 5.10 Å². The molecule has 1 amide bonds. The number of sulfonamides is 1. The third kappa shape index (κ3) is 4.56. The fourth-order valence-corrected chi connectivity index (χ4v) is 4.23. The van der Waals surface area contributed by atoms with Crippen LogP contribution in [-0.2, 0) is 10.0 Å². The van der Waals surface area contributed by atoms with Crippen LogP contribution in [0.15, 0.2) is 41.4 Å². The lowest BCUT2D eigenvalue weighted by atomic mass is 10.2. The second-order valence-electron chi connectivity index (χ2n) is 7.15. The summed E-state index contributed by atoms with van der Waals surface area (Å²) in [5, 5.41) is 7.19. The Morgan fingerprint density at radius 2 is 1.89 bits per heavy atom. The molecule has 2 atom stereocenters. The highest BCUT2D eigenvalue weighted by Gasteiger charge is 2.30. The number of hydrogen-bond donors (Lipinski definition) is 2. The maximum atomic E-state index is 12.5. The molecule has 2 unspecified atom stereocenters. The summed E-state index contributed by atoms with van der Waals surface area (Å²) in [5.74, 6) is 0.969. The van der Waals surface area contributed by atoms with Gasteiger partial charge in [0, 0.05) is 17.7 Å². The van der Waals surface area contributed by atoms with Crippen molar-refractivity contribution in [1.29, 1.82) is 0 Å². The first-order chi connectivity index (χ1) is 12.8. The van der Waals surface area contributed by atoms with E-state index in [-0.39, 0.29) is 22.9 Å². The lowest BCUT2D eigenvalue weighted by Gasteiger charge is -2.15. The molecule has 0 radical (unpaired) electrons. The van der Waals surface area contributed by atoms with Crippen LogP contribution in [0.1, 0.15) is 56.4 Å². The fraction of sp³-hybridized carbons (Fsp3) is 0.474. The third-order valence-corrected chi connectivity index (χ3v) is 6.60. The zero-order chi connectivity index (χ0) is 19.6. The quantitative estimate of drug-likeness (QED) is 0.724. The number of carbonyl (C=O) groups is 1. The molecule has 7 nitrogen and oxygen atoms in total. The first-order valence-electron chi connectivity index (χ1n) is 9.29. The minimum absolute atomic E-state index is 0.145. The van der Waals surface area contributed by atoms with Crippen molar-refractivity contribution in [3.05, 3.63) is 42.1 Å². The standard InChI is InChI=1S/C19H26N4O3S/c1-4-13(2)22-27(25,26)17-9-7-16(8-10-17)19(24)21-18-11-12-20-23(18)14(3)15-5-6-15/h7-15,22H,4-6H2,1-3H3,(H,21,24). The normalized spacial score (nSPS) is 16.7. The molecule has 2 aromatic rings. The van der Waals surface area contributed by atoms with E-state index in [2.05, 4.69) is 22.1 Å². The number of rotatable bonds is 8. The zero-order valence-electron chi connectivity index (χ0n) is 15.8. The SMILES string of the molecule is CCC(C)NS(=O)(=O)c1ccc(C(=O)Nc2ccnn2C(C)C2CC2)cc1. The number of aromatic nitrogens is 2. The summed E-state index contributed by atoms with van der Waals surface area (Å²) in [7, 11) is -3.58. The zero-order valence-corrected chi connectivity index (χ0v) is 16.7. The number of nitrogens with one attached hydrogen (secondary N) is 2. The van der Waals surface area contributed by atoms with Crippen LogP contribution in [0.3, 0.4) is 0 Å². The van der Waals surface area contributed by atoms with Crippen molar-refractivity contribution >= 4 is 21.7 Å². The molecule has 27 heavy (non-hydrogen) atoms. The van der Waals surface area contributed by atoms with E-state index in [4.69, 9.17) is 0 Å². The Morgan fingerprint density at radius 1 is 1.22 bits per heavy atom. The molecule has 2 N–H and O–H groups in total. The van der Waals surface area contributed by atoms with Crippen molar-refractivity contribution in [2.24, 2.45) is 5.92 Å². The molecule has 1 heterocycles. The second-order valence-corrected chi connectivity index (χ2v) is 8.86. The number of amides is 1. The van der Waals surface area contributed by atoms with Crippen LogP contribution in [-0.4, -0.2) is 30.1 Å². The molecule has 1 fully saturated rings. The maximum absolute atomic E-state index is 12.5. The van der Waals surface area contributed by atoms with E-state index in [0.29, 0.717) is 23.7 Å². The van der Waals surface area contributed by atoms with Crippen molar-refractivity contribution in [2.75, 3.05) is 5.32 Å². The van der Waals surface area contributed by atoms with Gasteiger partial charge in [-0.25, -0.2) is 17.8 Å². The Kier molecular flexibility index (Phi) is 5.67. The summed E-state index contributed by atoms with van der Waals surface area (Å²) < 4.78 is 29.1. The van der Waals surface area contributed by atoms with Gasteiger partial charge in [0.15, 0.2) is 0 Å². The average Bonchev–Trinajstić information content (AvgIpc) is 3.40. The van der Waals surface area contributed by atoms with Crippen molar-refractivity contribution in [2.45, 2.75) is 57.0 Å². The monoisotopic (exact) mass is 390 g/mol. The second kappa shape index (κ2) is 7.82. The Balaban J connectivity index is 1.71. The minimum Gasteiger partial charge on any atom is -0.307 e. The largest absolute Gasteiger partial charge is 0.307 e. The third-order valence-electron chi connectivity index (χ3n) is 5.00. The van der Waals surface area contributed by atoms with Crippen LogP contribution in [0.25, 0.3) is 0 Å². The molecule has 0 saturated heterocycles. The first-order valence-corrected chi connectivity index (χ1v) is 10.8. The molecule has 146 valence electrons. The molecule has 3 rings (SSSR count). The molecular formula is C19H26N4O3S. The van der Waals surface area contributed by atoms with Gasteiger partial charge < -0.3 is 5.32 Å². The van der Waals surface area contributed by atoms with E-state index in [9.17, 15) is 13.2 Å². The predicted molar refractivity (Wildman–Crippen MR) is 104 cm³/mol. The summed E-state index contributed by atoms with van der Waals surface area (Å²) >= 11 is 0. The highest BCUT2D eigenvalue weighted by Crippen LogP contribution is 2.40. The number of nitrogens with zero attached hydrogens (tertiary/aromatic N) is 2. The van der Waals surface area contributed by atoms with Crippen LogP contribution in [0.4, 0.5) is 5.82 Å². The first kappa shape index (κ1) is 19.6. The predicted octanol–water partition coefficient (Wildman–Crippen LogP) is 3.18.